The van der Waals surface area contributed by atoms with E-state index in [-0.39, 0.29) is 10.7 Å². The first-order chi connectivity index (χ1) is 18.4. The average molecular weight is 542 g/mol. The molecule has 3 aromatic carbocycles. The molecule has 1 aromatic heterocycles. The quantitative estimate of drug-likeness (QED) is 0.235. The Balaban J connectivity index is 1.52. The highest BCUT2D eigenvalue weighted by Gasteiger charge is 2.40. The number of hydrogen-bond donors (Lipinski definition) is 1. The standard InChI is InChI=1S/C29H23N3O4S2/c1-36-23-14-12-20(13-15-23)26-21(18-31(30-26)22-10-6-3-7-11-22)17-25-27(33)32(29(37)38-25)24(28(34)35)16-19-8-4-2-5-9-19/h2-15,17-18,24H,16H2,1H3,(H,34,35)/b25-17-/t24-/m1/s1. The molecule has 0 radical (unpaired) electrons. The lowest BCUT2D eigenvalue weighted by molar-refractivity contribution is -0.145. The summed E-state index contributed by atoms with van der Waals surface area (Å²) in [5, 5.41) is 14.8. The molecule has 0 saturated carbocycles. The first kappa shape index (κ1) is 25.4. The van der Waals surface area contributed by atoms with Crippen LogP contribution in [0, 0.1) is 0 Å². The second-order valence-electron chi connectivity index (χ2n) is 8.54. The first-order valence-electron chi connectivity index (χ1n) is 11.8. The molecule has 38 heavy (non-hydrogen) atoms. The van der Waals surface area contributed by atoms with Gasteiger partial charge in [-0.1, -0.05) is 72.5 Å². The third kappa shape index (κ3) is 5.25. The van der Waals surface area contributed by atoms with Crippen molar-refractivity contribution in [2.24, 2.45) is 0 Å². The van der Waals surface area contributed by atoms with Crippen molar-refractivity contribution in [2.75, 3.05) is 7.11 Å². The van der Waals surface area contributed by atoms with E-state index in [0.717, 1.165) is 34.3 Å². The molecule has 5 rings (SSSR count). The molecule has 0 bridgehead atoms. The van der Waals surface area contributed by atoms with Crippen LogP contribution in [0.5, 0.6) is 5.75 Å². The molecule has 1 aliphatic heterocycles. The van der Waals surface area contributed by atoms with Crippen LogP contribution in [0.4, 0.5) is 0 Å². The number of carboxylic acids is 1. The number of methoxy groups -OCH3 is 1. The van der Waals surface area contributed by atoms with Gasteiger partial charge in [-0.3, -0.25) is 9.69 Å². The largest absolute Gasteiger partial charge is 0.497 e. The number of ether oxygens (including phenoxy) is 1. The summed E-state index contributed by atoms with van der Waals surface area (Å²) in [5.41, 5.74) is 3.89. The highest BCUT2D eigenvalue weighted by atomic mass is 32.2. The number of aromatic nitrogens is 2. The van der Waals surface area contributed by atoms with Crippen LogP contribution in [0.25, 0.3) is 23.0 Å². The van der Waals surface area contributed by atoms with Gasteiger partial charge in [0.1, 0.15) is 16.1 Å². The molecule has 1 saturated heterocycles. The van der Waals surface area contributed by atoms with Crippen molar-refractivity contribution in [3.63, 3.8) is 0 Å². The number of para-hydroxylation sites is 1. The molecule has 0 spiro atoms. The Morgan fingerprint density at radius 2 is 1.71 bits per heavy atom. The van der Waals surface area contributed by atoms with Crippen LogP contribution >= 0.6 is 24.0 Å². The molecule has 4 aromatic rings. The van der Waals surface area contributed by atoms with Gasteiger partial charge < -0.3 is 9.84 Å². The SMILES string of the molecule is COc1ccc(-c2nn(-c3ccccc3)cc2/C=C2\SC(=S)N([C@H](Cc3ccccc3)C(=O)O)C2=O)cc1. The maximum absolute atomic E-state index is 13.5. The second-order valence-corrected chi connectivity index (χ2v) is 10.2. The lowest BCUT2D eigenvalue weighted by Gasteiger charge is -2.23. The Morgan fingerprint density at radius 1 is 1.05 bits per heavy atom. The molecule has 1 N–H and O–H groups in total. The van der Waals surface area contributed by atoms with E-state index in [4.69, 9.17) is 22.1 Å². The fraction of sp³-hybridized carbons (Fsp3) is 0.103. The van der Waals surface area contributed by atoms with Gasteiger partial charge >= 0.3 is 5.97 Å². The fourth-order valence-corrected chi connectivity index (χ4v) is 5.54. The lowest BCUT2D eigenvalue weighted by Crippen LogP contribution is -2.45. The highest BCUT2D eigenvalue weighted by Crippen LogP contribution is 2.36. The van der Waals surface area contributed by atoms with E-state index in [0.29, 0.717) is 16.2 Å². The summed E-state index contributed by atoms with van der Waals surface area (Å²) in [6.45, 7) is 0. The van der Waals surface area contributed by atoms with Crippen LogP contribution < -0.4 is 4.74 Å². The number of aliphatic carboxylic acids is 1. The van der Waals surface area contributed by atoms with E-state index >= 15 is 0 Å². The Hall–Kier alpha value is -4.21. The third-order valence-corrected chi connectivity index (χ3v) is 7.44. The van der Waals surface area contributed by atoms with Crippen molar-refractivity contribution >= 4 is 46.3 Å². The summed E-state index contributed by atoms with van der Waals surface area (Å²) in [6.07, 6.45) is 3.73. The first-order valence-corrected chi connectivity index (χ1v) is 13.0. The zero-order chi connectivity index (χ0) is 26.6. The number of hydrogen-bond acceptors (Lipinski definition) is 6. The molecule has 0 aliphatic carbocycles. The number of rotatable bonds is 8. The van der Waals surface area contributed by atoms with E-state index < -0.39 is 17.9 Å². The van der Waals surface area contributed by atoms with Crippen LogP contribution in [-0.2, 0) is 16.0 Å². The fourth-order valence-electron chi connectivity index (χ4n) is 4.20. The topological polar surface area (TPSA) is 84.7 Å². The number of nitrogens with zero attached hydrogens (tertiary/aromatic N) is 3. The van der Waals surface area contributed by atoms with Crippen LogP contribution in [0.2, 0.25) is 0 Å². The van der Waals surface area contributed by atoms with Gasteiger partial charge in [-0.15, -0.1) is 0 Å². The Morgan fingerprint density at radius 3 is 2.34 bits per heavy atom. The summed E-state index contributed by atoms with van der Waals surface area (Å²) in [7, 11) is 1.61. The summed E-state index contributed by atoms with van der Waals surface area (Å²) in [6, 6.07) is 25.3. The third-order valence-electron chi connectivity index (χ3n) is 6.11. The van der Waals surface area contributed by atoms with Crippen LogP contribution in [0.3, 0.4) is 0 Å². The summed E-state index contributed by atoms with van der Waals surface area (Å²) < 4.78 is 7.25. The molecule has 1 fully saturated rings. The van der Waals surface area contributed by atoms with Crippen molar-refractivity contribution in [2.45, 2.75) is 12.5 Å². The molecule has 1 aliphatic rings. The van der Waals surface area contributed by atoms with Gasteiger partial charge in [-0.25, -0.2) is 9.48 Å². The molecule has 2 heterocycles. The number of benzene rings is 3. The molecule has 1 amide bonds. The minimum Gasteiger partial charge on any atom is -0.497 e. The predicted molar refractivity (Wildman–Crippen MR) is 152 cm³/mol. The predicted octanol–water partition coefficient (Wildman–Crippen LogP) is 5.45. The van der Waals surface area contributed by atoms with Crippen LogP contribution in [-0.4, -0.2) is 49.1 Å². The summed E-state index contributed by atoms with van der Waals surface area (Å²) in [5.74, 6) is -0.824. The van der Waals surface area contributed by atoms with E-state index in [9.17, 15) is 14.7 Å². The maximum atomic E-state index is 13.5. The molecule has 190 valence electrons. The molecular formula is C29H23N3O4S2. The number of carbonyl (C=O) groups excluding carboxylic acids is 1. The highest BCUT2D eigenvalue weighted by molar-refractivity contribution is 8.26. The van der Waals surface area contributed by atoms with Crippen molar-refractivity contribution in [1.82, 2.24) is 14.7 Å². The van der Waals surface area contributed by atoms with Crippen molar-refractivity contribution in [1.29, 1.82) is 0 Å². The van der Waals surface area contributed by atoms with Gasteiger partial charge in [0.25, 0.3) is 5.91 Å². The van der Waals surface area contributed by atoms with Crippen LogP contribution in [0.1, 0.15) is 11.1 Å². The summed E-state index contributed by atoms with van der Waals surface area (Å²) >= 11 is 6.58. The number of carbonyl (C=O) groups is 2. The molecule has 1 atom stereocenters. The Bertz CT molecular complexity index is 1520. The number of thiocarbonyl (C=S) groups is 1. The van der Waals surface area contributed by atoms with Crippen LogP contribution in [0.15, 0.2) is 96.0 Å². The smallest absolute Gasteiger partial charge is 0.327 e. The van der Waals surface area contributed by atoms with E-state index in [2.05, 4.69) is 0 Å². The van der Waals surface area contributed by atoms with E-state index in [1.54, 1.807) is 17.9 Å². The van der Waals surface area contributed by atoms with E-state index in [1.165, 1.54) is 4.90 Å². The number of carboxylic acid groups (broad SMARTS) is 1. The molecule has 9 heteroatoms. The van der Waals surface area contributed by atoms with Gasteiger partial charge in [-0.05, 0) is 48.0 Å². The lowest BCUT2D eigenvalue weighted by atomic mass is 10.0. The zero-order valence-electron chi connectivity index (χ0n) is 20.4. The van der Waals surface area contributed by atoms with Crippen molar-refractivity contribution < 1.29 is 19.4 Å². The van der Waals surface area contributed by atoms with Gasteiger partial charge in [0.15, 0.2) is 0 Å². The number of amides is 1. The zero-order valence-corrected chi connectivity index (χ0v) is 22.0. The van der Waals surface area contributed by atoms with Gasteiger partial charge in [-0.2, -0.15) is 5.10 Å². The van der Waals surface area contributed by atoms with E-state index in [1.807, 2.05) is 91.1 Å². The Kier molecular flexibility index (Phi) is 7.39. The second kappa shape index (κ2) is 11.0. The molecule has 0 unspecified atom stereocenters. The Labute approximate surface area is 229 Å². The molecule has 7 nitrogen and oxygen atoms in total. The van der Waals surface area contributed by atoms with Crippen molar-refractivity contribution in [3.8, 4) is 22.7 Å². The number of thioether (sulfide) groups is 1. The maximum Gasteiger partial charge on any atom is 0.327 e. The minimum absolute atomic E-state index is 0.152. The van der Waals surface area contributed by atoms with Gasteiger partial charge in [0.05, 0.1) is 23.4 Å². The van der Waals surface area contributed by atoms with Crippen molar-refractivity contribution in [3.05, 3.63) is 107 Å². The monoisotopic (exact) mass is 541 g/mol. The minimum atomic E-state index is -1.11. The normalized spacial score (nSPS) is 15.2. The van der Waals surface area contributed by atoms with Gasteiger partial charge in [0, 0.05) is 23.7 Å². The molecular weight excluding hydrogens is 518 g/mol. The van der Waals surface area contributed by atoms with Gasteiger partial charge in [0.2, 0.25) is 0 Å². The average Bonchev–Trinajstić information content (AvgIpc) is 3.48. The summed E-state index contributed by atoms with van der Waals surface area (Å²) in [4.78, 5) is 27.2.